The summed E-state index contributed by atoms with van der Waals surface area (Å²) in [5.41, 5.74) is 2.81. The van der Waals surface area contributed by atoms with Gasteiger partial charge in [0.05, 0.1) is 6.07 Å². The second-order valence-corrected chi connectivity index (χ2v) is 5.95. The molecule has 1 N–H and O–H groups in total. The number of nitrogens with one attached hydrogen (secondary N) is 1. The number of anilines is 1. The second-order valence-electron chi connectivity index (χ2n) is 5.95. The Morgan fingerprint density at radius 2 is 1.90 bits per heavy atom. The van der Waals surface area contributed by atoms with Gasteiger partial charge in [0.15, 0.2) is 0 Å². The van der Waals surface area contributed by atoms with E-state index >= 15 is 0 Å². The third-order valence-corrected chi connectivity index (χ3v) is 3.65. The van der Waals surface area contributed by atoms with Crippen LogP contribution in [-0.4, -0.2) is 5.60 Å². The van der Waals surface area contributed by atoms with Gasteiger partial charge in [0.25, 0.3) is 0 Å². The van der Waals surface area contributed by atoms with E-state index in [1.54, 1.807) is 0 Å². The Labute approximate surface area is 125 Å². The number of fused-ring (bicyclic) bond motifs is 1. The number of benzene rings is 2. The predicted octanol–water partition coefficient (Wildman–Crippen LogP) is 4.08. The minimum Gasteiger partial charge on any atom is -0.487 e. The average Bonchev–Trinajstić information content (AvgIpc) is 2.79. The van der Waals surface area contributed by atoms with Crippen molar-refractivity contribution in [3.63, 3.8) is 0 Å². The maximum Gasteiger partial charge on any atom is 0.143 e. The van der Waals surface area contributed by atoms with Gasteiger partial charge in [0, 0.05) is 17.7 Å². The lowest BCUT2D eigenvalue weighted by atomic mass is 9.98. The fraction of sp³-hybridized carbons (Fsp3) is 0.278. The molecule has 0 aromatic heterocycles. The maximum absolute atomic E-state index is 9.53. The van der Waals surface area contributed by atoms with Crippen LogP contribution < -0.4 is 10.1 Å². The largest absolute Gasteiger partial charge is 0.487 e. The number of rotatable bonds is 3. The molecule has 0 bridgehead atoms. The quantitative estimate of drug-likeness (QED) is 0.920. The Morgan fingerprint density at radius 1 is 1.14 bits per heavy atom. The van der Waals surface area contributed by atoms with E-state index < -0.39 is 6.04 Å². The van der Waals surface area contributed by atoms with Crippen molar-refractivity contribution in [2.45, 2.75) is 31.9 Å². The van der Waals surface area contributed by atoms with Crippen LogP contribution in [0.3, 0.4) is 0 Å². The molecule has 1 unspecified atom stereocenters. The van der Waals surface area contributed by atoms with Crippen LogP contribution in [0.5, 0.6) is 5.75 Å². The minimum absolute atomic E-state index is 0.203. The van der Waals surface area contributed by atoms with Gasteiger partial charge in [-0.25, -0.2) is 0 Å². The van der Waals surface area contributed by atoms with E-state index in [0.29, 0.717) is 0 Å². The number of hydrogen-bond donors (Lipinski definition) is 1. The van der Waals surface area contributed by atoms with Gasteiger partial charge in [-0.2, -0.15) is 5.26 Å². The van der Waals surface area contributed by atoms with Crippen LogP contribution in [0.4, 0.5) is 5.69 Å². The van der Waals surface area contributed by atoms with E-state index in [2.05, 4.69) is 31.3 Å². The molecule has 106 valence electrons. The first-order valence-corrected chi connectivity index (χ1v) is 7.11. The first kappa shape index (κ1) is 13.5. The number of hydrogen-bond acceptors (Lipinski definition) is 3. The molecule has 21 heavy (non-hydrogen) atoms. The zero-order chi connectivity index (χ0) is 14.9. The van der Waals surface area contributed by atoms with Crippen LogP contribution in [-0.2, 0) is 6.42 Å². The van der Waals surface area contributed by atoms with Crippen molar-refractivity contribution in [1.82, 2.24) is 0 Å². The fourth-order valence-corrected chi connectivity index (χ4v) is 2.75. The summed E-state index contributed by atoms with van der Waals surface area (Å²) in [6.45, 7) is 4.14. The molecule has 0 saturated carbocycles. The van der Waals surface area contributed by atoms with E-state index in [4.69, 9.17) is 4.74 Å². The number of nitrogens with zero attached hydrogens (tertiary/aromatic N) is 1. The van der Waals surface area contributed by atoms with Crippen LogP contribution in [0.25, 0.3) is 0 Å². The van der Waals surface area contributed by atoms with Crippen molar-refractivity contribution in [2.75, 3.05) is 5.32 Å². The molecule has 0 fully saturated rings. The third-order valence-electron chi connectivity index (χ3n) is 3.65. The van der Waals surface area contributed by atoms with E-state index in [1.165, 1.54) is 5.56 Å². The van der Waals surface area contributed by atoms with E-state index in [9.17, 15) is 5.26 Å². The normalized spacial score (nSPS) is 16.4. The van der Waals surface area contributed by atoms with Gasteiger partial charge >= 0.3 is 0 Å². The highest BCUT2D eigenvalue weighted by Gasteiger charge is 2.33. The Balaban J connectivity index is 1.94. The second kappa shape index (κ2) is 5.14. The molecule has 1 aliphatic rings. The fourth-order valence-electron chi connectivity index (χ4n) is 2.75. The molecule has 3 rings (SSSR count). The molecule has 3 heteroatoms. The Hall–Kier alpha value is -2.47. The molecule has 1 heterocycles. The summed E-state index contributed by atoms with van der Waals surface area (Å²) in [4.78, 5) is 0. The van der Waals surface area contributed by atoms with Crippen molar-refractivity contribution in [3.05, 3.63) is 59.7 Å². The van der Waals surface area contributed by atoms with Gasteiger partial charge in [-0.1, -0.05) is 36.4 Å². The van der Waals surface area contributed by atoms with E-state index in [1.807, 2.05) is 42.5 Å². The number of nitriles is 1. The lowest BCUT2D eigenvalue weighted by Gasteiger charge is -2.20. The highest BCUT2D eigenvalue weighted by molar-refractivity contribution is 5.54. The molecule has 0 saturated heterocycles. The summed E-state index contributed by atoms with van der Waals surface area (Å²) in [6.07, 6.45) is 0.875. The van der Waals surface area contributed by atoms with Gasteiger partial charge in [0.1, 0.15) is 17.4 Å². The predicted molar refractivity (Wildman–Crippen MR) is 83.3 cm³/mol. The molecule has 0 radical (unpaired) electrons. The molecule has 1 aliphatic heterocycles. The summed E-state index contributed by atoms with van der Waals surface area (Å²) < 4.78 is 6.05. The summed E-state index contributed by atoms with van der Waals surface area (Å²) >= 11 is 0. The standard InChI is InChI=1S/C18H18N2O/c1-18(2)11-13-7-6-10-15(17(13)21-18)16(12-19)20-14-8-4-3-5-9-14/h3-10,16,20H,11H2,1-2H3. The zero-order valence-electron chi connectivity index (χ0n) is 12.3. The van der Waals surface area contributed by atoms with Crippen LogP contribution in [0.2, 0.25) is 0 Å². The van der Waals surface area contributed by atoms with E-state index in [0.717, 1.165) is 23.4 Å². The lowest BCUT2D eigenvalue weighted by molar-refractivity contribution is 0.137. The lowest BCUT2D eigenvalue weighted by Crippen LogP contribution is -2.25. The maximum atomic E-state index is 9.53. The molecular formula is C18H18N2O. The average molecular weight is 278 g/mol. The van der Waals surface area contributed by atoms with E-state index in [-0.39, 0.29) is 5.60 Å². The van der Waals surface area contributed by atoms with Gasteiger partial charge in [0.2, 0.25) is 0 Å². The van der Waals surface area contributed by atoms with Crippen molar-refractivity contribution in [1.29, 1.82) is 5.26 Å². The number of ether oxygens (including phenoxy) is 1. The zero-order valence-corrected chi connectivity index (χ0v) is 12.3. The monoisotopic (exact) mass is 278 g/mol. The van der Waals surface area contributed by atoms with Gasteiger partial charge in [-0.3, -0.25) is 0 Å². The minimum atomic E-state index is -0.420. The van der Waals surface area contributed by atoms with Crippen LogP contribution in [0.1, 0.15) is 31.0 Å². The number of para-hydroxylation sites is 2. The Kier molecular flexibility index (Phi) is 3.31. The van der Waals surface area contributed by atoms with Gasteiger partial charge < -0.3 is 10.1 Å². The summed E-state index contributed by atoms with van der Waals surface area (Å²) in [7, 11) is 0. The SMILES string of the molecule is CC1(C)Cc2cccc(C(C#N)Nc3ccccc3)c2O1. The van der Waals surface area contributed by atoms with Gasteiger partial charge in [-0.15, -0.1) is 0 Å². The molecular weight excluding hydrogens is 260 g/mol. The van der Waals surface area contributed by atoms with Crippen molar-refractivity contribution >= 4 is 5.69 Å². The Morgan fingerprint density at radius 3 is 2.62 bits per heavy atom. The molecule has 0 aliphatic carbocycles. The topological polar surface area (TPSA) is 45.0 Å². The molecule has 0 amide bonds. The summed E-state index contributed by atoms with van der Waals surface area (Å²) in [5, 5.41) is 12.8. The van der Waals surface area contributed by atoms with Gasteiger partial charge in [-0.05, 0) is 31.5 Å². The third kappa shape index (κ3) is 2.71. The van der Waals surface area contributed by atoms with Crippen molar-refractivity contribution in [2.24, 2.45) is 0 Å². The molecule has 2 aromatic rings. The van der Waals surface area contributed by atoms with Crippen molar-refractivity contribution in [3.8, 4) is 11.8 Å². The molecule has 2 aromatic carbocycles. The van der Waals surface area contributed by atoms with Crippen LogP contribution in [0, 0.1) is 11.3 Å². The molecule has 1 atom stereocenters. The summed E-state index contributed by atoms with van der Waals surface area (Å²) in [6, 6.07) is 17.7. The Bertz CT molecular complexity index is 686. The highest BCUT2D eigenvalue weighted by Crippen LogP contribution is 2.40. The highest BCUT2D eigenvalue weighted by atomic mass is 16.5. The first-order chi connectivity index (χ1) is 10.1. The smallest absolute Gasteiger partial charge is 0.143 e. The molecule has 0 spiro atoms. The van der Waals surface area contributed by atoms with Crippen molar-refractivity contribution < 1.29 is 4.74 Å². The van der Waals surface area contributed by atoms with Crippen LogP contribution >= 0.6 is 0 Å². The molecule has 3 nitrogen and oxygen atoms in total. The van der Waals surface area contributed by atoms with Crippen LogP contribution in [0.15, 0.2) is 48.5 Å². The summed E-state index contributed by atoms with van der Waals surface area (Å²) in [5.74, 6) is 0.859. The first-order valence-electron chi connectivity index (χ1n) is 7.11.